The average molecular weight is 274 g/mol. The first kappa shape index (κ1) is 13.4. The fourth-order valence-electron chi connectivity index (χ4n) is 3.69. The van der Waals surface area contributed by atoms with Crippen LogP contribution < -0.4 is 10.6 Å². The molecule has 1 heterocycles. The second kappa shape index (κ2) is 4.77. The van der Waals surface area contributed by atoms with E-state index in [-0.39, 0.29) is 11.3 Å². The molecule has 108 valence electrons. The molecular formula is C16H22N2O2. The Morgan fingerprint density at radius 2 is 2.20 bits per heavy atom. The maximum absolute atomic E-state index is 11.7. The van der Waals surface area contributed by atoms with Gasteiger partial charge in [-0.2, -0.15) is 0 Å². The summed E-state index contributed by atoms with van der Waals surface area (Å²) in [4.78, 5) is 11.7. The summed E-state index contributed by atoms with van der Waals surface area (Å²) in [5, 5.41) is 6.26. The van der Waals surface area contributed by atoms with Crippen LogP contribution in [0.1, 0.15) is 30.6 Å². The van der Waals surface area contributed by atoms with Crippen LogP contribution in [-0.4, -0.2) is 31.7 Å². The van der Waals surface area contributed by atoms with Gasteiger partial charge in [-0.15, -0.1) is 0 Å². The third kappa shape index (κ3) is 1.99. The molecule has 1 amide bonds. The van der Waals surface area contributed by atoms with E-state index in [9.17, 15) is 4.79 Å². The van der Waals surface area contributed by atoms with Crippen LogP contribution >= 0.6 is 0 Å². The Bertz CT molecular complexity index is 527. The van der Waals surface area contributed by atoms with Crippen LogP contribution in [0.25, 0.3) is 0 Å². The van der Waals surface area contributed by atoms with Gasteiger partial charge in [-0.25, -0.2) is 0 Å². The number of anilines is 1. The van der Waals surface area contributed by atoms with E-state index in [1.807, 2.05) is 24.3 Å². The normalized spacial score (nSPS) is 30.2. The fraction of sp³-hybridized carbons (Fsp3) is 0.562. The first-order valence-corrected chi connectivity index (χ1v) is 7.24. The molecule has 3 unspecified atom stereocenters. The minimum atomic E-state index is -0.0522. The highest BCUT2D eigenvalue weighted by atomic mass is 16.5. The summed E-state index contributed by atoms with van der Waals surface area (Å²) in [7, 11) is 1.65. The molecule has 3 rings (SSSR count). The molecule has 1 aliphatic carbocycles. The van der Waals surface area contributed by atoms with Crippen molar-refractivity contribution in [2.45, 2.75) is 32.4 Å². The minimum absolute atomic E-state index is 0.0522. The Labute approximate surface area is 119 Å². The highest BCUT2D eigenvalue weighted by Crippen LogP contribution is 2.53. The average Bonchev–Trinajstić information content (AvgIpc) is 2.91. The van der Waals surface area contributed by atoms with Gasteiger partial charge in [-0.05, 0) is 24.6 Å². The number of fused-ring (bicyclic) bond motifs is 1. The number of rotatable bonds is 3. The van der Waals surface area contributed by atoms with E-state index in [0.717, 1.165) is 18.7 Å². The molecule has 4 nitrogen and oxygen atoms in total. The Hall–Kier alpha value is -1.55. The number of carbonyl (C=O) groups excluding carboxylic acids is 1. The van der Waals surface area contributed by atoms with E-state index < -0.39 is 0 Å². The fourth-order valence-corrected chi connectivity index (χ4v) is 3.69. The molecule has 2 N–H and O–H groups in total. The molecule has 1 aromatic carbocycles. The number of carbonyl (C=O) groups is 1. The first-order valence-electron chi connectivity index (χ1n) is 7.24. The molecule has 0 aromatic heterocycles. The van der Waals surface area contributed by atoms with Crippen molar-refractivity contribution in [3.63, 3.8) is 0 Å². The third-order valence-electron chi connectivity index (χ3n) is 4.77. The summed E-state index contributed by atoms with van der Waals surface area (Å²) in [5.74, 6) is 0.539. The van der Waals surface area contributed by atoms with E-state index >= 15 is 0 Å². The minimum Gasteiger partial charge on any atom is -0.381 e. The highest BCUT2D eigenvalue weighted by Gasteiger charge is 2.59. The first-order chi connectivity index (χ1) is 9.54. The lowest BCUT2D eigenvalue weighted by Crippen LogP contribution is -2.63. The highest BCUT2D eigenvalue weighted by molar-refractivity contribution is 5.94. The molecule has 0 spiro atoms. The molecule has 3 atom stereocenters. The molecular weight excluding hydrogens is 252 g/mol. The van der Waals surface area contributed by atoms with Crippen LogP contribution in [0.3, 0.4) is 0 Å². The SMILES string of the molecule is CNC(=O)c1cccc(NC2C3CCOC3C2(C)C)c1. The van der Waals surface area contributed by atoms with Gasteiger partial charge in [0, 0.05) is 42.3 Å². The lowest BCUT2D eigenvalue weighted by molar-refractivity contribution is -0.0923. The van der Waals surface area contributed by atoms with Gasteiger partial charge in [0.05, 0.1) is 6.10 Å². The maximum Gasteiger partial charge on any atom is 0.251 e. The maximum atomic E-state index is 11.7. The zero-order chi connectivity index (χ0) is 14.3. The predicted octanol–water partition coefficient (Wildman–Crippen LogP) is 2.27. The number of ether oxygens (including phenoxy) is 1. The Morgan fingerprint density at radius 3 is 2.95 bits per heavy atom. The topological polar surface area (TPSA) is 50.4 Å². The van der Waals surface area contributed by atoms with Crippen LogP contribution in [0.5, 0.6) is 0 Å². The summed E-state index contributed by atoms with van der Waals surface area (Å²) < 4.78 is 5.81. The van der Waals surface area contributed by atoms with Crippen molar-refractivity contribution in [2.24, 2.45) is 11.3 Å². The number of amides is 1. The largest absolute Gasteiger partial charge is 0.381 e. The smallest absolute Gasteiger partial charge is 0.251 e. The van der Waals surface area contributed by atoms with Gasteiger partial charge < -0.3 is 15.4 Å². The Balaban J connectivity index is 1.77. The monoisotopic (exact) mass is 274 g/mol. The lowest BCUT2D eigenvalue weighted by Gasteiger charge is -2.55. The van der Waals surface area contributed by atoms with Crippen molar-refractivity contribution < 1.29 is 9.53 Å². The Kier molecular flexibility index (Phi) is 3.21. The van der Waals surface area contributed by atoms with E-state index in [0.29, 0.717) is 23.6 Å². The zero-order valence-corrected chi connectivity index (χ0v) is 12.3. The van der Waals surface area contributed by atoms with Crippen molar-refractivity contribution in [1.29, 1.82) is 0 Å². The molecule has 1 aromatic rings. The molecule has 2 aliphatic rings. The summed E-state index contributed by atoms with van der Waals surface area (Å²) in [6, 6.07) is 8.09. The quantitative estimate of drug-likeness (QED) is 0.889. The molecule has 1 aliphatic heterocycles. The van der Waals surface area contributed by atoms with E-state index in [1.165, 1.54) is 0 Å². The number of hydrogen-bond acceptors (Lipinski definition) is 3. The number of hydrogen-bond donors (Lipinski definition) is 2. The lowest BCUT2D eigenvalue weighted by atomic mass is 9.57. The van der Waals surface area contributed by atoms with Gasteiger partial charge in [0.25, 0.3) is 5.91 Å². The summed E-state index contributed by atoms with van der Waals surface area (Å²) in [5.41, 5.74) is 1.84. The molecule has 1 saturated heterocycles. The van der Waals surface area contributed by atoms with Crippen LogP contribution in [0.4, 0.5) is 5.69 Å². The molecule has 2 fully saturated rings. The molecule has 0 radical (unpaired) electrons. The molecule has 1 saturated carbocycles. The molecule has 20 heavy (non-hydrogen) atoms. The van der Waals surface area contributed by atoms with Gasteiger partial charge in [-0.1, -0.05) is 19.9 Å². The van der Waals surface area contributed by atoms with Crippen LogP contribution in [0.2, 0.25) is 0 Å². The van der Waals surface area contributed by atoms with Crippen molar-refractivity contribution >= 4 is 11.6 Å². The summed E-state index contributed by atoms with van der Waals surface area (Å²) >= 11 is 0. The van der Waals surface area contributed by atoms with E-state index in [1.54, 1.807) is 7.05 Å². The van der Waals surface area contributed by atoms with Crippen molar-refractivity contribution in [3.05, 3.63) is 29.8 Å². The predicted molar refractivity (Wildman–Crippen MR) is 78.9 cm³/mol. The second-order valence-corrected chi connectivity index (χ2v) is 6.35. The van der Waals surface area contributed by atoms with Gasteiger partial charge in [0.1, 0.15) is 0 Å². The van der Waals surface area contributed by atoms with Crippen LogP contribution in [0.15, 0.2) is 24.3 Å². The zero-order valence-electron chi connectivity index (χ0n) is 12.3. The van der Waals surface area contributed by atoms with Crippen molar-refractivity contribution in [1.82, 2.24) is 5.32 Å². The van der Waals surface area contributed by atoms with Crippen molar-refractivity contribution in [3.8, 4) is 0 Å². The van der Waals surface area contributed by atoms with Gasteiger partial charge in [0.2, 0.25) is 0 Å². The number of benzene rings is 1. The second-order valence-electron chi connectivity index (χ2n) is 6.35. The van der Waals surface area contributed by atoms with Crippen molar-refractivity contribution in [2.75, 3.05) is 19.0 Å². The van der Waals surface area contributed by atoms with Gasteiger partial charge >= 0.3 is 0 Å². The van der Waals surface area contributed by atoms with Gasteiger partial charge in [0.15, 0.2) is 0 Å². The third-order valence-corrected chi connectivity index (χ3v) is 4.77. The molecule has 0 bridgehead atoms. The standard InChI is InChI=1S/C16H22N2O2/c1-16(2)13(12-7-8-20-14(12)16)18-11-6-4-5-10(9-11)15(19)17-3/h4-6,9,12-14,18H,7-8H2,1-3H3,(H,17,19). The van der Waals surface area contributed by atoms with Crippen LogP contribution in [0, 0.1) is 11.3 Å². The van der Waals surface area contributed by atoms with Gasteiger partial charge in [-0.3, -0.25) is 4.79 Å². The van der Waals surface area contributed by atoms with E-state index in [4.69, 9.17) is 4.74 Å². The molecule has 4 heteroatoms. The summed E-state index contributed by atoms with van der Waals surface area (Å²) in [6.45, 7) is 5.37. The Morgan fingerprint density at radius 1 is 1.40 bits per heavy atom. The van der Waals surface area contributed by atoms with Crippen LogP contribution in [-0.2, 0) is 4.74 Å². The van der Waals surface area contributed by atoms with E-state index in [2.05, 4.69) is 24.5 Å². The summed E-state index contributed by atoms with van der Waals surface area (Å²) in [6.07, 6.45) is 1.50. The number of nitrogens with one attached hydrogen (secondary N) is 2.